The summed E-state index contributed by atoms with van der Waals surface area (Å²) in [5, 5.41) is 86.9. The molecule has 2 fully saturated rings. The lowest BCUT2D eigenvalue weighted by atomic mass is 9.97. The van der Waals surface area contributed by atoms with Crippen LogP contribution in [0.1, 0.15) is 251 Å². The van der Waals surface area contributed by atoms with Crippen LogP contribution in [-0.4, -0.2) is 140 Å². The Balaban J connectivity index is 1.69. The van der Waals surface area contributed by atoms with E-state index in [2.05, 4.69) is 31.3 Å². The van der Waals surface area contributed by atoms with Crippen LogP contribution < -0.4 is 5.32 Å². The van der Waals surface area contributed by atoms with Crippen molar-refractivity contribution in [3.8, 4) is 0 Å². The zero-order valence-electron chi connectivity index (χ0n) is 46.1. The number of ether oxygens (including phenoxy) is 4. The van der Waals surface area contributed by atoms with E-state index < -0.39 is 86.8 Å². The first-order valence-electron chi connectivity index (χ1n) is 30.1. The average molecular weight is 1040 g/mol. The highest BCUT2D eigenvalue weighted by molar-refractivity contribution is 5.76. The number of rotatable bonds is 48. The Morgan fingerprint density at radius 3 is 1.34 bits per heavy atom. The average Bonchev–Trinajstić information content (AvgIpc) is 3.39. The summed E-state index contributed by atoms with van der Waals surface area (Å²) in [5.74, 6) is -0.246. The van der Waals surface area contributed by atoms with E-state index in [1.807, 2.05) is 6.08 Å². The SMILES string of the molecule is CCCCCCCC/C=C/CC/C=C/C(O)C(COC1OC(CO)C(OC2OC(CO)C(O)C(O)C2O)C(O)C1O)NC(=O)CCCCCCCCCCCCCCCCCCCCCCCCCCCCC. The Hall–Kier alpha value is -1.53. The minimum absolute atomic E-state index is 0.246. The number of unbranched alkanes of at least 4 members (excludes halogenated alkanes) is 33. The molecule has 0 aliphatic carbocycles. The van der Waals surface area contributed by atoms with Gasteiger partial charge in [0.25, 0.3) is 0 Å². The Morgan fingerprint density at radius 2 is 0.877 bits per heavy atom. The summed E-state index contributed by atoms with van der Waals surface area (Å²) < 4.78 is 22.7. The van der Waals surface area contributed by atoms with E-state index in [4.69, 9.17) is 18.9 Å². The first kappa shape index (κ1) is 67.6. The van der Waals surface area contributed by atoms with Gasteiger partial charge in [-0.2, -0.15) is 0 Å². The molecule has 2 heterocycles. The van der Waals surface area contributed by atoms with Crippen LogP contribution in [0.3, 0.4) is 0 Å². The van der Waals surface area contributed by atoms with Crippen molar-refractivity contribution in [2.24, 2.45) is 0 Å². The molecule has 2 aliphatic rings. The molecule has 2 aliphatic heterocycles. The van der Waals surface area contributed by atoms with E-state index in [0.29, 0.717) is 12.8 Å². The molecule has 430 valence electrons. The molecule has 9 N–H and O–H groups in total. The van der Waals surface area contributed by atoms with Crippen molar-refractivity contribution in [3.63, 3.8) is 0 Å². The van der Waals surface area contributed by atoms with Gasteiger partial charge in [-0.25, -0.2) is 0 Å². The topological polar surface area (TPSA) is 228 Å². The fourth-order valence-electron chi connectivity index (χ4n) is 10.0. The molecule has 14 heteroatoms. The summed E-state index contributed by atoms with van der Waals surface area (Å²) in [5.41, 5.74) is 0. The molecular formula is C59H111NO13. The number of aliphatic hydroxyl groups is 8. The monoisotopic (exact) mass is 1040 g/mol. The zero-order chi connectivity index (χ0) is 53.2. The van der Waals surface area contributed by atoms with Crippen molar-refractivity contribution in [3.05, 3.63) is 24.3 Å². The number of carbonyl (C=O) groups excluding carboxylic acids is 1. The summed E-state index contributed by atoms with van der Waals surface area (Å²) in [6.07, 6.45) is 36.7. The van der Waals surface area contributed by atoms with Crippen LogP contribution in [-0.2, 0) is 23.7 Å². The molecule has 0 aromatic heterocycles. The van der Waals surface area contributed by atoms with E-state index in [1.165, 1.54) is 186 Å². The van der Waals surface area contributed by atoms with Crippen molar-refractivity contribution in [2.45, 2.75) is 325 Å². The van der Waals surface area contributed by atoms with Crippen molar-refractivity contribution < 1.29 is 64.6 Å². The van der Waals surface area contributed by atoms with Crippen LogP contribution in [0.2, 0.25) is 0 Å². The van der Waals surface area contributed by atoms with Gasteiger partial charge in [-0.3, -0.25) is 4.79 Å². The second kappa shape index (κ2) is 45.5. The lowest BCUT2D eigenvalue weighted by Gasteiger charge is -2.46. The summed E-state index contributed by atoms with van der Waals surface area (Å²) >= 11 is 0. The molecule has 2 saturated heterocycles. The van der Waals surface area contributed by atoms with Gasteiger partial charge in [-0.05, 0) is 32.1 Å². The standard InChI is InChI=1S/C59H111NO13/c1-3-5-7-9-11-13-15-17-18-19-20-21-22-23-24-25-26-27-28-29-30-31-33-35-37-39-41-43-51(64)60-47(48(63)42-40-38-36-34-32-16-14-12-10-8-6-4-2)46-70-58-56(69)54(67)57(50(45-62)72-58)73-59-55(68)53(66)52(65)49(44-61)71-59/h32,34,40,42,47-50,52-59,61-63,65-69H,3-31,33,35-39,41,43-46H2,1-2H3,(H,60,64)/b34-32+,42-40+. The van der Waals surface area contributed by atoms with Crippen LogP contribution in [0, 0.1) is 0 Å². The summed E-state index contributed by atoms with van der Waals surface area (Å²) in [7, 11) is 0. The number of carbonyl (C=O) groups is 1. The van der Waals surface area contributed by atoms with Crippen LogP contribution in [0.15, 0.2) is 24.3 Å². The van der Waals surface area contributed by atoms with Crippen molar-refractivity contribution in [2.75, 3.05) is 19.8 Å². The van der Waals surface area contributed by atoms with Gasteiger partial charge in [0.05, 0.1) is 32.0 Å². The smallest absolute Gasteiger partial charge is 0.220 e. The number of hydrogen-bond donors (Lipinski definition) is 9. The first-order chi connectivity index (χ1) is 35.6. The third-order valence-electron chi connectivity index (χ3n) is 14.9. The van der Waals surface area contributed by atoms with Gasteiger partial charge in [-0.15, -0.1) is 0 Å². The molecule has 73 heavy (non-hydrogen) atoms. The second-order valence-electron chi connectivity index (χ2n) is 21.5. The molecule has 0 spiro atoms. The molecule has 14 nitrogen and oxygen atoms in total. The maximum Gasteiger partial charge on any atom is 0.220 e. The fourth-order valence-corrected chi connectivity index (χ4v) is 10.0. The largest absolute Gasteiger partial charge is 0.394 e. The van der Waals surface area contributed by atoms with Crippen LogP contribution in [0.25, 0.3) is 0 Å². The second-order valence-corrected chi connectivity index (χ2v) is 21.5. The van der Waals surface area contributed by atoms with Crippen LogP contribution in [0.5, 0.6) is 0 Å². The van der Waals surface area contributed by atoms with Gasteiger partial charge in [0, 0.05) is 6.42 Å². The summed E-state index contributed by atoms with van der Waals surface area (Å²) in [6.45, 7) is 2.78. The molecule has 0 aromatic rings. The third kappa shape index (κ3) is 31.5. The number of amides is 1. The number of aliphatic hydroxyl groups excluding tert-OH is 8. The zero-order valence-corrected chi connectivity index (χ0v) is 46.1. The summed E-state index contributed by atoms with van der Waals surface area (Å²) in [4.78, 5) is 13.2. The predicted molar refractivity (Wildman–Crippen MR) is 291 cm³/mol. The fraction of sp³-hybridized carbons (Fsp3) is 0.915. The molecule has 12 atom stereocenters. The van der Waals surface area contributed by atoms with Gasteiger partial charge in [0.2, 0.25) is 5.91 Å². The minimum atomic E-state index is -1.79. The molecule has 2 rings (SSSR count). The molecule has 0 saturated carbocycles. The maximum atomic E-state index is 13.2. The van der Waals surface area contributed by atoms with Crippen LogP contribution in [0.4, 0.5) is 0 Å². The predicted octanol–water partition coefficient (Wildman–Crippen LogP) is 10.1. The van der Waals surface area contributed by atoms with E-state index in [9.17, 15) is 45.6 Å². The third-order valence-corrected chi connectivity index (χ3v) is 14.9. The quantitative estimate of drug-likeness (QED) is 0.0204. The van der Waals surface area contributed by atoms with Crippen LogP contribution >= 0.6 is 0 Å². The molecule has 0 aromatic carbocycles. The maximum absolute atomic E-state index is 13.2. The lowest BCUT2D eigenvalue weighted by molar-refractivity contribution is -0.359. The van der Waals surface area contributed by atoms with Gasteiger partial charge < -0.3 is 65.1 Å². The molecule has 12 unspecified atom stereocenters. The van der Waals surface area contributed by atoms with Gasteiger partial charge in [0.15, 0.2) is 12.6 Å². The van der Waals surface area contributed by atoms with E-state index in [0.717, 1.165) is 32.1 Å². The minimum Gasteiger partial charge on any atom is -0.394 e. The van der Waals surface area contributed by atoms with E-state index in [-0.39, 0.29) is 18.9 Å². The van der Waals surface area contributed by atoms with Gasteiger partial charge in [0.1, 0.15) is 48.8 Å². The Bertz CT molecular complexity index is 1320. The molecule has 0 bridgehead atoms. The Kier molecular flexibility index (Phi) is 42.1. The normalized spacial score (nSPS) is 25.5. The molecule has 0 radical (unpaired) electrons. The highest BCUT2D eigenvalue weighted by Crippen LogP contribution is 2.30. The van der Waals surface area contributed by atoms with Gasteiger partial charge in [-0.1, -0.05) is 237 Å². The lowest BCUT2D eigenvalue weighted by Crippen LogP contribution is -2.65. The van der Waals surface area contributed by atoms with Crippen molar-refractivity contribution in [1.82, 2.24) is 5.32 Å². The van der Waals surface area contributed by atoms with E-state index >= 15 is 0 Å². The number of hydrogen-bond acceptors (Lipinski definition) is 13. The number of nitrogens with one attached hydrogen (secondary N) is 1. The highest BCUT2D eigenvalue weighted by atomic mass is 16.7. The Morgan fingerprint density at radius 1 is 0.479 bits per heavy atom. The highest BCUT2D eigenvalue weighted by Gasteiger charge is 2.51. The van der Waals surface area contributed by atoms with Crippen molar-refractivity contribution >= 4 is 5.91 Å². The van der Waals surface area contributed by atoms with Gasteiger partial charge >= 0.3 is 0 Å². The van der Waals surface area contributed by atoms with E-state index in [1.54, 1.807) is 6.08 Å². The first-order valence-corrected chi connectivity index (χ1v) is 30.1. The molecule has 1 amide bonds. The Labute approximate surface area is 443 Å². The van der Waals surface area contributed by atoms with Crippen molar-refractivity contribution in [1.29, 1.82) is 0 Å². The number of allylic oxidation sites excluding steroid dienone is 3. The summed E-state index contributed by atoms with van der Waals surface area (Å²) in [6, 6.07) is -0.926. The molecular weight excluding hydrogens is 931 g/mol.